The number of hydrogen-bond donors (Lipinski definition) is 2. The lowest BCUT2D eigenvalue weighted by molar-refractivity contribution is 0.141. The Morgan fingerprint density at radius 2 is 2.08 bits per heavy atom. The monoisotopic (exact) mass is 174 g/mol. The Morgan fingerprint density at radius 3 is 2.42 bits per heavy atom. The van der Waals surface area contributed by atoms with Gasteiger partial charge in [0.15, 0.2) is 0 Å². The van der Waals surface area contributed by atoms with Crippen molar-refractivity contribution in [1.82, 2.24) is 4.90 Å². The smallest absolute Gasteiger partial charge is 0.0621 e. The summed E-state index contributed by atoms with van der Waals surface area (Å²) < 4.78 is 0. The number of nitrogens with zero attached hydrogens (tertiary/aromatic N) is 1. The third kappa shape index (κ3) is 4.04. The molecule has 0 aliphatic carbocycles. The Morgan fingerprint density at radius 1 is 1.58 bits per heavy atom. The van der Waals surface area contributed by atoms with Crippen LogP contribution in [0.15, 0.2) is 0 Å². The fourth-order valence-corrected chi connectivity index (χ4v) is 1.09. The molecule has 0 rings (SSSR count). The summed E-state index contributed by atoms with van der Waals surface area (Å²) in [6, 6.07) is 0.527. The summed E-state index contributed by atoms with van der Waals surface area (Å²) in [5.41, 5.74) is 5.34. The van der Waals surface area contributed by atoms with Crippen molar-refractivity contribution in [2.45, 2.75) is 38.8 Å². The Labute approximate surface area is 75.6 Å². The van der Waals surface area contributed by atoms with E-state index in [1.165, 1.54) is 0 Å². The molecule has 0 aromatic heterocycles. The van der Waals surface area contributed by atoms with Crippen LogP contribution in [-0.2, 0) is 0 Å². The fourth-order valence-electron chi connectivity index (χ4n) is 1.09. The lowest BCUT2D eigenvalue weighted by atomic mass is 10.0. The maximum absolute atomic E-state index is 8.95. The maximum atomic E-state index is 8.95. The van der Waals surface area contributed by atoms with Gasteiger partial charge in [-0.05, 0) is 27.3 Å². The highest BCUT2D eigenvalue weighted by Crippen LogP contribution is 2.06. The zero-order chi connectivity index (χ0) is 9.78. The van der Waals surface area contributed by atoms with Crippen molar-refractivity contribution in [3.63, 3.8) is 0 Å². The van der Waals surface area contributed by atoms with E-state index in [9.17, 15) is 0 Å². The predicted octanol–water partition coefficient (Wildman–Crippen LogP) is 0.426. The molecule has 0 spiro atoms. The van der Waals surface area contributed by atoms with Crippen molar-refractivity contribution >= 4 is 0 Å². The third-order valence-electron chi connectivity index (χ3n) is 2.32. The molecule has 0 fully saturated rings. The van der Waals surface area contributed by atoms with Gasteiger partial charge in [-0.1, -0.05) is 6.92 Å². The molecular formula is C9H22N2O. The number of aliphatic hydroxyl groups excluding tert-OH is 1. The van der Waals surface area contributed by atoms with Crippen LogP contribution in [0.4, 0.5) is 0 Å². The van der Waals surface area contributed by atoms with Crippen LogP contribution in [0.1, 0.15) is 27.2 Å². The second-order valence-corrected chi connectivity index (χ2v) is 3.98. The second kappa shape index (κ2) is 4.80. The topological polar surface area (TPSA) is 49.5 Å². The van der Waals surface area contributed by atoms with Gasteiger partial charge in [-0.2, -0.15) is 0 Å². The fraction of sp³-hybridized carbons (Fsp3) is 1.00. The van der Waals surface area contributed by atoms with Crippen molar-refractivity contribution in [2.75, 3.05) is 20.2 Å². The largest absolute Gasteiger partial charge is 0.394 e. The lowest BCUT2D eigenvalue weighted by Crippen LogP contribution is -2.51. The molecule has 0 saturated heterocycles. The first-order valence-corrected chi connectivity index (χ1v) is 4.53. The molecule has 0 heterocycles. The molecule has 0 radical (unpaired) electrons. The van der Waals surface area contributed by atoms with Gasteiger partial charge < -0.3 is 15.7 Å². The first-order chi connectivity index (χ1) is 5.43. The van der Waals surface area contributed by atoms with Gasteiger partial charge in [0.2, 0.25) is 0 Å². The van der Waals surface area contributed by atoms with E-state index in [-0.39, 0.29) is 6.61 Å². The Hall–Kier alpha value is -0.120. The number of aliphatic hydroxyl groups is 1. The normalized spacial score (nSPS) is 19.2. The molecule has 3 N–H and O–H groups in total. The van der Waals surface area contributed by atoms with Crippen molar-refractivity contribution in [3.8, 4) is 0 Å². The molecule has 0 amide bonds. The number of hydrogen-bond acceptors (Lipinski definition) is 3. The van der Waals surface area contributed by atoms with Gasteiger partial charge in [0.05, 0.1) is 6.61 Å². The summed E-state index contributed by atoms with van der Waals surface area (Å²) in [6.07, 6.45) is 1.11. The van der Waals surface area contributed by atoms with Crippen LogP contribution < -0.4 is 5.73 Å². The van der Waals surface area contributed by atoms with Gasteiger partial charge in [0.1, 0.15) is 0 Å². The first-order valence-electron chi connectivity index (χ1n) is 4.53. The molecule has 0 aliphatic rings. The van der Waals surface area contributed by atoms with Gasteiger partial charge in [0, 0.05) is 18.1 Å². The molecule has 12 heavy (non-hydrogen) atoms. The average Bonchev–Trinajstić information content (AvgIpc) is 2.02. The molecule has 3 heteroatoms. The molecule has 0 aromatic carbocycles. The van der Waals surface area contributed by atoms with Crippen LogP contribution in [0.2, 0.25) is 0 Å². The summed E-state index contributed by atoms with van der Waals surface area (Å²) in [4.78, 5) is 2.18. The highest BCUT2D eigenvalue weighted by atomic mass is 16.3. The number of nitrogens with two attached hydrogens (primary N) is 1. The number of likely N-dealkylation sites (N-methyl/N-ethyl adjacent to an activating group) is 1. The van der Waals surface area contributed by atoms with E-state index in [0.29, 0.717) is 6.04 Å². The highest BCUT2D eigenvalue weighted by Gasteiger charge is 2.21. The van der Waals surface area contributed by atoms with E-state index in [4.69, 9.17) is 10.8 Å². The molecular weight excluding hydrogens is 152 g/mol. The Bertz CT molecular complexity index is 126. The first kappa shape index (κ1) is 11.9. The van der Waals surface area contributed by atoms with Crippen LogP contribution in [0, 0.1) is 0 Å². The van der Waals surface area contributed by atoms with Crippen molar-refractivity contribution in [3.05, 3.63) is 0 Å². The molecule has 74 valence electrons. The minimum Gasteiger partial charge on any atom is -0.394 e. The standard InChI is InChI=1S/C9H22N2O/c1-5-8(2)11(4)6-9(3,10)7-12/h8,12H,5-7,10H2,1-4H3. The van der Waals surface area contributed by atoms with E-state index in [1.54, 1.807) is 0 Å². The molecule has 0 bridgehead atoms. The van der Waals surface area contributed by atoms with E-state index < -0.39 is 5.54 Å². The summed E-state index contributed by atoms with van der Waals surface area (Å²) in [6.45, 7) is 6.94. The molecule has 0 aromatic rings. The molecule has 2 unspecified atom stereocenters. The zero-order valence-corrected chi connectivity index (χ0v) is 8.67. The minimum atomic E-state index is -0.474. The number of rotatable bonds is 5. The van der Waals surface area contributed by atoms with Gasteiger partial charge in [-0.3, -0.25) is 0 Å². The van der Waals surface area contributed by atoms with Gasteiger partial charge in [0.25, 0.3) is 0 Å². The second-order valence-electron chi connectivity index (χ2n) is 3.98. The van der Waals surface area contributed by atoms with Crippen molar-refractivity contribution < 1.29 is 5.11 Å². The minimum absolute atomic E-state index is 0.0355. The molecule has 0 saturated carbocycles. The van der Waals surface area contributed by atoms with Crippen LogP contribution in [0.5, 0.6) is 0 Å². The van der Waals surface area contributed by atoms with Gasteiger partial charge >= 0.3 is 0 Å². The summed E-state index contributed by atoms with van der Waals surface area (Å²) in [5, 5.41) is 8.95. The van der Waals surface area contributed by atoms with Crippen LogP contribution in [0.25, 0.3) is 0 Å². The SMILES string of the molecule is CCC(C)N(C)CC(C)(N)CO. The maximum Gasteiger partial charge on any atom is 0.0621 e. The predicted molar refractivity (Wildman–Crippen MR) is 52.1 cm³/mol. The lowest BCUT2D eigenvalue weighted by Gasteiger charge is -2.31. The summed E-state index contributed by atoms with van der Waals surface area (Å²) in [5.74, 6) is 0. The summed E-state index contributed by atoms with van der Waals surface area (Å²) >= 11 is 0. The Balaban J connectivity index is 3.90. The summed E-state index contributed by atoms with van der Waals surface area (Å²) in [7, 11) is 2.04. The third-order valence-corrected chi connectivity index (χ3v) is 2.32. The highest BCUT2D eigenvalue weighted by molar-refractivity contribution is 4.82. The van der Waals surface area contributed by atoms with Crippen LogP contribution in [0.3, 0.4) is 0 Å². The molecule has 2 atom stereocenters. The Kier molecular flexibility index (Phi) is 4.75. The van der Waals surface area contributed by atoms with Crippen LogP contribution in [-0.4, -0.2) is 41.8 Å². The van der Waals surface area contributed by atoms with Crippen molar-refractivity contribution in [2.24, 2.45) is 5.73 Å². The quantitative estimate of drug-likeness (QED) is 0.635. The van der Waals surface area contributed by atoms with Gasteiger partial charge in [-0.15, -0.1) is 0 Å². The van der Waals surface area contributed by atoms with E-state index in [1.807, 2.05) is 14.0 Å². The van der Waals surface area contributed by atoms with E-state index in [0.717, 1.165) is 13.0 Å². The van der Waals surface area contributed by atoms with E-state index >= 15 is 0 Å². The average molecular weight is 174 g/mol. The van der Waals surface area contributed by atoms with Crippen molar-refractivity contribution in [1.29, 1.82) is 0 Å². The zero-order valence-electron chi connectivity index (χ0n) is 8.67. The van der Waals surface area contributed by atoms with E-state index in [2.05, 4.69) is 18.7 Å². The molecule has 3 nitrogen and oxygen atoms in total. The molecule has 0 aliphatic heterocycles. The van der Waals surface area contributed by atoms with Gasteiger partial charge in [-0.25, -0.2) is 0 Å². The van der Waals surface area contributed by atoms with Crippen LogP contribution >= 0.6 is 0 Å².